The van der Waals surface area contributed by atoms with E-state index >= 15 is 0 Å². The van der Waals surface area contributed by atoms with E-state index in [-0.39, 0.29) is 0 Å². The van der Waals surface area contributed by atoms with Crippen LogP contribution in [0.1, 0.15) is 40.4 Å². The van der Waals surface area contributed by atoms with Crippen molar-refractivity contribution in [2.75, 3.05) is 6.54 Å². The van der Waals surface area contributed by atoms with E-state index in [9.17, 15) is 5.11 Å². The maximum absolute atomic E-state index is 9.99. The van der Waals surface area contributed by atoms with Crippen molar-refractivity contribution >= 4 is 34.3 Å². The van der Waals surface area contributed by atoms with Crippen LogP contribution in [0.2, 0.25) is 4.34 Å². The number of aliphatic hydroxyl groups excluding tert-OH is 1. The molecule has 2 N–H and O–H groups in total. The topological polar surface area (TPSA) is 45.1 Å². The van der Waals surface area contributed by atoms with E-state index in [1.807, 2.05) is 12.1 Å². The Labute approximate surface area is 125 Å². The Morgan fingerprint density at radius 1 is 1.47 bits per heavy atom. The molecule has 3 nitrogen and oxygen atoms in total. The predicted octanol–water partition coefficient (Wildman–Crippen LogP) is 3.56. The number of hydrogen-bond acceptors (Lipinski definition) is 5. The average molecular weight is 315 g/mol. The van der Waals surface area contributed by atoms with Gasteiger partial charge in [-0.2, -0.15) is 0 Å². The molecule has 0 bridgehead atoms. The van der Waals surface area contributed by atoms with Gasteiger partial charge < -0.3 is 10.4 Å². The molecule has 6 heteroatoms. The summed E-state index contributed by atoms with van der Waals surface area (Å²) in [5, 5.41) is 16.6. The summed E-state index contributed by atoms with van der Waals surface area (Å²) in [7, 11) is 0. The molecule has 2 heterocycles. The minimum atomic E-state index is -0.501. The first kappa shape index (κ1) is 13.5. The second-order valence-electron chi connectivity index (χ2n) is 4.74. The zero-order chi connectivity index (χ0) is 13.2. The number of aromatic nitrogens is 1. The van der Waals surface area contributed by atoms with E-state index in [0.29, 0.717) is 17.4 Å². The molecule has 3 rings (SSSR count). The smallest absolute Gasteiger partial charge is 0.101 e. The summed E-state index contributed by atoms with van der Waals surface area (Å²) in [6, 6.07) is 3.68. The van der Waals surface area contributed by atoms with Crippen LogP contribution in [0.25, 0.3) is 0 Å². The summed E-state index contributed by atoms with van der Waals surface area (Å²) in [4.78, 5) is 5.50. The van der Waals surface area contributed by atoms with Crippen molar-refractivity contribution < 1.29 is 5.11 Å². The number of thiophene rings is 1. The van der Waals surface area contributed by atoms with Gasteiger partial charge in [0.1, 0.15) is 6.10 Å². The highest BCUT2D eigenvalue weighted by atomic mass is 35.5. The lowest BCUT2D eigenvalue weighted by molar-refractivity contribution is 0.178. The lowest BCUT2D eigenvalue weighted by atomic mass is 10.3. The molecule has 2 aromatic rings. The highest BCUT2D eigenvalue weighted by Crippen LogP contribution is 2.41. The molecule has 1 fully saturated rings. The summed E-state index contributed by atoms with van der Waals surface area (Å²) >= 11 is 9.02. The van der Waals surface area contributed by atoms with Gasteiger partial charge in [-0.05, 0) is 25.0 Å². The van der Waals surface area contributed by atoms with Crippen LogP contribution in [0.15, 0.2) is 17.5 Å². The van der Waals surface area contributed by atoms with Crippen LogP contribution in [-0.4, -0.2) is 16.6 Å². The van der Waals surface area contributed by atoms with Crippen LogP contribution in [-0.2, 0) is 6.54 Å². The maximum atomic E-state index is 9.99. The molecule has 1 atom stereocenters. The van der Waals surface area contributed by atoms with Crippen molar-refractivity contribution in [2.24, 2.45) is 0 Å². The van der Waals surface area contributed by atoms with E-state index in [1.54, 1.807) is 11.3 Å². The molecular weight excluding hydrogens is 300 g/mol. The van der Waals surface area contributed by atoms with Crippen LogP contribution in [0.5, 0.6) is 0 Å². The van der Waals surface area contributed by atoms with Gasteiger partial charge in [-0.15, -0.1) is 22.7 Å². The van der Waals surface area contributed by atoms with Gasteiger partial charge in [0.15, 0.2) is 0 Å². The maximum Gasteiger partial charge on any atom is 0.101 e. The van der Waals surface area contributed by atoms with Crippen molar-refractivity contribution in [2.45, 2.75) is 31.4 Å². The number of thiazole rings is 1. The molecule has 0 aromatic carbocycles. The Hall–Kier alpha value is -0.460. The standard InChI is InChI=1S/C13H15ClN2OS2/c14-12-4-3-11(19-12)10(17)6-15-5-9-7-18-13(16-9)8-1-2-8/h3-4,7-8,10,15,17H,1-2,5-6H2. The minimum Gasteiger partial charge on any atom is -0.386 e. The Morgan fingerprint density at radius 2 is 2.32 bits per heavy atom. The normalized spacial score (nSPS) is 16.7. The SMILES string of the molecule is OC(CNCc1csc(C2CC2)n1)c1ccc(Cl)s1. The van der Waals surface area contributed by atoms with Crippen LogP contribution < -0.4 is 5.32 Å². The van der Waals surface area contributed by atoms with Gasteiger partial charge in [0.25, 0.3) is 0 Å². The van der Waals surface area contributed by atoms with Crippen molar-refractivity contribution in [1.82, 2.24) is 10.3 Å². The molecule has 0 saturated heterocycles. The molecule has 0 amide bonds. The summed E-state index contributed by atoms with van der Waals surface area (Å²) in [6.07, 6.45) is 2.08. The molecular formula is C13H15ClN2OS2. The van der Waals surface area contributed by atoms with Crippen LogP contribution in [0, 0.1) is 0 Å². The zero-order valence-corrected chi connectivity index (χ0v) is 12.7. The Bertz CT molecular complexity index is 550. The molecule has 102 valence electrons. The molecule has 1 aliphatic rings. The first-order chi connectivity index (χ1) is 9.22. The Morgan fingerprint density at radius 3 is 3.00 bits per heavy atom. The zero-order valence-electron chi connectivity index (χ0n) is 10.3. The van der Waals surface area contributed by atoms with Gasteiger partial charge in [0, 0.05) is 29.3 Å². The quantitative estimate of drug-likeness (QED) is 0.857. The largest absolute Gasteiger partial charge is 0.386 e. The first-order valence-electron chi connectivity index (χ1n) is 6.30. The predicted molar refractivity (Wildman–Crippen MR) is 80.1 cm³/mol. The van der Waals surface area contributed by atoms with E-state index in [1.165, 1.54) is 29.2 Å². The minimum absolute atomic E-state index is 0.501. The molecule has 19 heavy (non-hydrogen) atoms. The Balaban J connectivity index is 1.46. The second-order valence-corrected chi connectivity index (χ2v) is 7.38. The number of nitrogens with one attached hydrogen (secondary N) is 1. The molecule has 0 aliphatic heterocycles. The third kappa shape index (κ3) is 3.55. The highest BCUT2D eigenvalue weighted by molar-refractivity contribution is 7.16. The highest BCUT2D eigenvalue weighted by Gasteiger charge is 2.26. The number of rotatable bonds is 6. The van der Waals surface area contributed by atoms with Crippen molar-refractivity contribution in [1.29, 1.82) is 0 Å². The number of halogens is 1. The van der Waals surface area contributed by atoms with E-state index in [4.69, 9.17) is 11.6 Å². The van der Waals surface area contributed by atoms with Gasteiger partial charge in [-0.1, -0.05) is 11.6 Å². The van der Waals surface area contributed by atoms with Gasteiger partial charge in [0.2, 0.25) is 0 Å². The fourth-order valence-electron chi connectivity index (χ4n) is 1.87. The fourth-order valence-corrected chi connectivity index (χ4v) is 3.90. The summed E-state index contributed by atoms with van der Waals surface area (Å²) in [5.41, 5.74) is 1.07. The third-order valence-corrected chi connectivity index (χ3v) is 5.45. The summed E-state index contributed by atoms with van der Waals surface area (Å²) in [6.45, 7) is 1.23. The van der Waals surface area contributed by atoms with Gasteiger partial charge in [-0.25, -0.2) is 4.98 Å². The monoisotopic (exact) mass is 314 g/mol. The van der Waals surface area contributed by atoms with Gasteiger partial charge in [0.05, 0.1) is 15.0 Å². The number of nitrogens with zero attached hydrogens (tertiary/aromatic N) is 1. The average Bonchev–Trinajstić information content (AvgIpc) is 2.98. The molecule has 1 aliphatic carbocycles. The van der Waals surface area contributed by atoms with Gasteiger partial charge in [-0.3, -0.25) is 0 Å². The lowest BCUT2D eigenvalue weighted by Gasteiger charge is -2.08. The fraction of sp³-hybridized carbons (Fsp3) is 0.462. The molecule has 0 spiro atoms. The van der Waals surface area contributed by atoms with E-state index < -0.39 is 6.10 Å². The van der Waals surface area contributed by atoms with Crippen molar-refractivity contribution in [3.8, 4) is 0 Å². The summed E-state index contributed by atoms with van der Waals surface area (Å²) < 4.78 is 0.711. The molecule has 2 aromatic heterocycles. The lowest BCUT2D eigenvalue weighted by Crippen LogP contribution is -2.20. The van der Waals surface area contributed by atoms with Crippen LogP contribution in [0.4, 0.5) is 0 Å². The van der Waals surface area contributed by atoms with Gasteiger partial charge >= 0.3 is 0 Å². The van der Waals surface area contributed by atoms with E-state index in [2.05, 4.69) is 15.7 Å². The number of hydrogen-bond donors (Lipinski definition) is 2. The van der Waals surface area contributed by atoms with Crippen LogP contribution >= 0.6 is 34.3 Å². The van der Waals surface area contributed by atoms with E-state index in [0.717, 1.165) is 16.5 Å². The van der Waals surface area contributed by atoms with Crippen LogP contribution in [0.3, 0.4) is 0 Å². The number of aliphatic hydroxyl groups is 1. The van der Waals surface area contributed by atoms with Crippen molar-refractivity contribution in [3.63, 3.8) is 0 Å². The Kier molecular flexibility index (Phi) is 4.19. The first-order valence-corrected chi connectivity index (χ1v) is 8.38. The van der Waals surface area contributed by atoms with Crippen molar-refractivity contribution in [3.05, 3.63) is 37.4 Å². The third-order valence-electron chi connectivity index (χ3n) is 3.06. The molecule has 0 radical (unpaired) electrons. The molecule has 1 saturated carbocycles. The summed E-state index contributed by atoms with van der Waals surface area (Å²) in [5.74, 6) is 0.720. The second kappa shape index (κ2) is 5.89. The molecule has 1 unspecified atom stereocenters.